The average Bonchev–Trinajstić information content (AvgIpc) is 3.69. The molecule has 1 spiro atoms. The first-order valence-corrected chi connectivity index (χ1v) is 16.3. The molecule has 0 bridgehead atoms. The minimum absolute atomic E-state index is 0.0832. The van der Waals surface area contributed by atoms with Crippen LogP contribution in [0.5, 0.6) is 0 Å². The van der Waals surface area contributed by atoms with Gasteiger partial charge in [0.2, 0.25) is 0 Å². The number of hydrogen-bond donors (Lipinski definition) is 1. The van der Waals surface area contributed by atoms with Gasteiger partial charge in [0, 0.05) is 50.0 Å². The van der Waals surface area contributed by atoms with E-state index in [2.05, 4.69) is 24.1 Å². The van der Waals surface area contributed by atoms with Crippen molar-refractivity contribution in [1.29, 1.82) is 0 Å². The number of rotatable bonds is 6. The van der Waals surface area contributed by atoms with E-state index in [0.717, 1.165) is 83.4 Å². The van der Waals surface area contributed by atoms with Gasteiger partial charge in [-0.25, -0.2) is 9.59 Å². The lowest BCUT2D eigenvalue weighted by Gasteiger charge is -2.61. The Morgan fingerprint density at radius 3 is 2.63 bits per heavy atom. The number of ether oxygens (including phenoxy) is 4. The minimum atomic E-state index is -0.395. The fourth-order valence-electron chi connectivity index (χ4n) is 10.6. The molecule has 2 unspecified atom stereocenters. The second-order valence-corrected chi connectivity index (χ2v) is 14.4. The fraction of sp³-hybridized carbons (Fsp3) is 0.788. The number of amides is 1. The van der Waals surface area contributed by atoms with Crippen molar-refractivity contribution in [3.8, 4) is 0 Å². The molecule has 6 fully saturated rings. The number of nitrogens with one attached hydrogen (secondary N) is 1. The normalized spacial score (nSPS) is 43.4. The summed E-state index contributed by atoms with van der Waals surface area (Å²) in [6.07, 6.45) is 7.93. The van der Waals surface area contributed by atoms with Crippen LogP contribution in [-0.2, 0) is 23.7 Å². The van der Waals surface area contributed by atoms with Gasteiger partial charge < -0.3 is 28.7 Å². The van der Waals surface area contributed by atoms with Gasteiger partial charge in [0.25, 0.3) is 0 Å². The first-order valence-electron chi connectivity index (χ1n) is 16.3. The molecule has 10 atom stereocenters. The zero-order chi connectivity index (χ0) is 30.0. The Labute approximate surface area is 253 Å². The summed E-state index contributed by atoms with van der Waals surface area (Å²) in [4.78, 5) is 38.9. The molecular formula is C33H46N2O8. The molecule has 7 rings (SSSR count). The van der Waals surface area contributed by atoms with Crippen LogP contribution < -0.4 is 10.9 Å². The van der Waals surface area contributed by atoms with Crippen molar-refractivity contribution in [2.24, 2.45) is 28.6 Å². The predicted molar refractivity (Wildman–Crippen MR) is 155 cm³/mol. The number of nitrogens with zero attached hydrogens (tertiary/aromatic N) is 1. The lowest BCUT2D eigenvalue weighted by atomic mass is 9.44. The number of fused-ring (bicyclic) bond motifs is 3. The summed E-state index contributed by atoms with van der Waals surface area (Å²) >= 11 is 0. The molecule has 1 aromatic heterocycles. The summed E-state index contributed by atoms with van der Waals surface area (Å²) in [5.41, 5.74) is 0.122. The quantitative estimate of drug-likeness (QED) is 0.384. The summed E-state index contributed by atoms with van der Waals surface area (Å²) in [6, 6.07) is 3.44. The van der Waals surface area contributed by atoms with E-state index in [9.17, 15) is 14.4 Å². The van der Waals surface area contributed by atoms with Crippen molar-refractivity contribution in [3.63, 3.8) is 0 Å². The molecule has 236 valence electrons. The van der Waals surface area contributed by atoms with Crippen LogP contribution in [0.15, 0.2) is 27.6 Å². The van der Waals surface area contributed by atoms with Gasteiger partial charge in [-0.2, -0.15) is 0 Å². The lowest BCUT2D eigenvalue weighted by Crippen LogP contribution is -2.59. The molecule has 6 aliphatic rings. The van der Waals surface area contributed by atoms with Gasteiger partial charge in [-0.05, 0) is 79.7 Å². The van der Waals surface area contributed by atoms with Crippen molar-refractivity contribution in [2.45, 2.75) is 95.5 Å². The van der Waals surface area contributed by atoms with Crippen molar-refractivity contribution >= 4 is 12.1 Å². The highest BCUT2D eigenvalue weighted by atomic mass is 16.7. The van der Waals surface area contributed by atoms with Crippen molar-refractivity contribution in [3.05, 3.63) is 34.4 Å². The van der Waals surface area contributed by atoms with E-state index in [1.54, 1.807) is 6.26 Å². The van der Waals surface area contributed by atoms with E-state index < -0.39 is 6.10 Å². The van der Waals surface area contributed by atoms with Crippen LogP contribution in [0.2, 0.25) is 0 Å². The van der Waals surface area contributed by atoms with E-state index in [-0.39, 0.29) is 52.2 Å². The molecule has 1 amide bonds. The third-order valence-electron chi connectivity index (χ3n) is 12.6. The molecule has 10 nitrogen and oxygen atoms in total. The highest BCUT2D eigenvalue weighted by molar-refractivity contribution is 5.67. The topological polar surface area (TPSA) is 120 Å². The van der Waals surface area contributed by atoms with Crippen molar-refractivity contribution in [1.82, 2.24) is 10.2 Å². The van der Waals surface area contributed by atoms with E-state index in [0.29, 0.717) is 24.4 Å². The first-order chi connectivity index (χ1) is 20.7. The molecule has 0 aromatic carbocycles. The maximum atomic E-state index is 12.6. The molecule has 1 N–H and O–H groups in total. The lowest BCUT2D eigenvalue weighted by molar-refractivity contribution is -0.156. The van der Waals surface area contributed by atoms with Crippen molar-refractivity contribution < 1.29 is 33.0 Å². The third kappa shape index (κ3) is 4.74. The minimum Gasteiger partial charge on any atom is -0.459 e. The number of carbonyl (C=O) groups excluding carboxylic acids is 2. The van der Waals surface area contributed by atoms with Crippen LogP contribution >= 0.6 is 0 Å². The molecule has 2 aliphatic heterocycles. The SMILES string of the molecule is CC(=O)O[C@H]1[C@H]2O[C@]23[C@@H]2CCC4CC(NC(=O)OCCN5CCOCC5)CC[C@]4(C)[C@H]2CC[C@]3(C)[C@H]1c1ccc(=O)oc1. The Kier molecular flexibility index (Phi) is 7.41. The van der Waals surface area contributed by atoms with E-state index in [4.69, 9.17) is 23.4 Å². The second kappa shape index (κ2) is 10.9. The van der Waals surface area contributed by atoms with Gasteiger partial charge in [-0.1, -0.05) is 13.8 Å². The summed E-state index contributed by atoms with van der Waals surface area (Å²) in [5.74, 6) is 1.03. The highest BCUT2D eigenvalue weighted by Gasteiger charge is 2.84. The summed E-state index contributed by atoms with van der Waals surface area (Å²) in [6.45, 7) is 10.6. The standard InChI is InChI=1S/C33H46N2O8/c1-20(36)42-28-27(21-4-7-26(37)41-19-21)32(3)11-9-24-25(33(32)29(28)43-33)6-5-22-18-23(8-10-31(22,24)2)34-30(38)40-17-14-35-12-15-39-16-13-35/h4,7,19,22-25,27-29H,5-6,8-18H2,1-3H3,(H,34,38)/t22?,23?,24-,25+,27-,28+,29+,31-,32+,33+/m0/s1. The van der Waals surface area contributed by atoms with Crippen LogP contribution in [0.4, 0.5) is 4.79 Å². The van der Waals surface area contributed by atoms with Crippen LogP contribution in [0, 0.1) is 28.6 Å². The molecular weight excluding hydrogens is 552 g/mol. The molecule has 10 heteroatoms. The number of hydrogen-bond acceptors (Lipinski definition) is 9. The van der Waals surface area contributed by atoms with Gasteiger partial charge in [0.15, 0.2) is 0 Å². The third-order valence-corrected chi connectivity index (χ3v) is 12.6. The van der Waals surface area contributed by atoms with E-state index >= 15 is 0 Å². The molecule has 0 radical (unpaired) electrons. The molecule has 3 heterocycles. The van der Waals surface area contributed by atoms with Crippen LogP contribution in [0.3, 0.4) is 0 Å². The highest BCUT2D eigenvalue weighted by Crippen LogP contribution is 2.78. The number of carbonyl (C=O) groups is 2. The Bertz CT molecular complexity index is 1280. The summed E-state index contributed by atoms with van der Waals surface area (Å²) < 4.78 is 29.0. The maximum Gasteiger partial charge on any atom is 0.407 e. The Balaban J connectivity index is 1.03. The van der Waals surface area contributed by atoms with E-state index in [1.807, 2.05) is 6.07 Å². The first kappa shape index (κ1) is 29.3. The number of alkyl carbamates (subject to hydrolysis) is 1. The smallest absolute Gasteiger partial charge is 0.407 e. The number of morpholine rings is 1. The Morgan fingerprint density at radius 2 is 1.88 bits per heavy atom. The van der Waals surface area contributed by atoms with Gasteiger partial charge in [0.1, 0.15) is 24.4 Å². The molecule has 1 aromatic rings. The van der Waals surface area contributed by atoms with E-state index in [1.165, 1.54) is 13.0 Å². The van der Waals surface area contributed by atoms with Crippen LogP contribution in [-0.4, -0.2) is 80.3 Å². The average molecular weight is 599 g/mol. The monoisotopic (exact) mass is 598 g/mol. The van der Waals surface area contributed by atoms with Crippen molar-refractivity contribution in [2.75, 3.05) is 39.5 Å². The summed E-state index contributed by atoms with van der Waals surface area (Å²) in [5, 5.41) is 3.18. The largest absolute Gasteiger partial charge is 0.459 e. The zero-order valence-corrected chi connectivity index (χ0v) is 25.7. The van der Waals surface area contributed by atoms with Crippen LogP contribution in [0.1, 0.15) is 77.2 Å². The number of esters is 1. The fourth-order valence-corrected chi connectivity index (χ4v) is 10.6. The van der Waals surface area contributed by atoms with Crippen LogP contribution in [0.25, 0.3) is 0 Å². The molecule has 4 saturated carbocycles. The zero-order valence-electron chi connectivity index (χ0n) is 25.7. The maximum absolute atomic E-state index is 12.6. The number of epoxide rings is 1. The molecule has 2 saturated heterocycles. The van der Waals surface area contributed by atoms with Gasteiger partial charge in [-0.3, -0.25) is 9.69 Å². The van der Waals surface area contributed by atoms with Gasteiger partial charge in [0.05, 0.1) is 19.5 Å². The summed E-state index contributed by atoms with van der Waals surface area (Å²) in [7, 11) is 0. The second-order valence-electron chi connectivity index (χ2n) is 14.4. The molecule has 4 aliphatic carbocycles. The predicted octanol–water partition coefficient (Wildman–Crippen LogP) is 3.87. The Hall–Kier alpha value is -2.43. The molecule has 43 heavy (non-hydrogen) atoms. The Morgan fingerprint density at radius 1 is 1.07 bits per heavy atom. The van der Waals surface area contributed by atoms with Gasteiger partial charge in [-0.15, -0.1) is 0 Å². The van der Waals surface area contributed by atoms with Gasteiger partial charge >= 0.3 is 17.7 Å².